The van der Waals surface area contributed by atoms with E-state index in [2.05, 4.69) is 9.97 Å². The quantitative estimate of drug-likeness (QED) is 0.793. The van der Waals surface area contributed by atoms with E-state index in [0.717, 1.165) is 5.56 Å². The van der Waals surface area contributed by atoms with Crippen molar-refractivity contribution in [2.24, 2.45) is 0 Å². The average Bonchev–Trinajstić information content (AvgIpc) is 3.02. The molecule has 1 amide bonds. The molecule has 0 bridgehead atoms. The van der Waals surface area contributed by atoms with Gasteiger partial charge in [-0.3, -0.25) is 4.90 Å². The third kappa shape index (κ3) is 3.37. The van der Waals surface area contributed by atoms with E-state index in [1.165, 1.54) is 0 Å². The zero-order valence-corrected chi connectivity index (χ0v) is 15.3. The van der Waals surface area contributed by atoms with E-state index in [0.29, 0.717) is 48.0 Å². The van der Waals surface area contributed by atoms with E-state index in [1.807, 2.05) is 4.90 Å². The number of benzene rings is 1. The number of halogens is 2. The summed E-state index contributed by atoms with van der Waals surface area (Å²) in [5.74, 6) is 1.13. The predicted molar refractivity (Wildman–Crippen MR) is 96.9 cm³/mol. The molecule has 0 aliphatic carbocycles. The number of hydrogen-bond donors (Lipinski definition) is 0. The molecule has 4 rings (SSSR count). The fraction of sp³-hybridized carbons (Fsp3) is 0.353. The molecule has 9 heteroatoms. The van der Waals surface area contributed by atoms with Gasteiger partial charge in [-0.15, -0.1) is 0 Å². The summed E-state index contributed by atoms with van der Waals surface area (Å²) in [7, 11) is 0. The second-order valence-electron chi connectivity index (χ2n) is 6.08. The minimum absolute atomic E-state index is 0.0538. The first-order chi connectivity index (χ1) is 12.6. The van der Waals surface area contributed by atoms with E-state index in [-0.39, 0.29) is 18.7 Å². The number of carbonyl (C=O) groups excluding carboxylic acids is 1. The molecular formula is C17H16Cl2N4O3. The molecule has 1 aromatic carbocycles. The summed E-state index contributed by atoms with van der Waals surface area (Å²) >= 11 is 12.3. The first-order valence-corrected chi connectivity index (χ1v) is 8.93. The summed E-state index contributed by atoms with van der Waals surface area (Å²) in [6.45, 7) is 2.58. The van der Waals surface area contributed by atoms with Crippen LogP contribution in [0.25, 0.3) is 0 Å². The lowest BCUT2D eigenvalue weighted by Gasteiger charge is -2.35. The maximum Gasteiger partial charge on any atom is 0.410 e. The van der Waals surface area contributed by atoms with Gasteiger partial charge in [-0.1, -0.05) is 29.3 Å². The number of ether oxygens (including phenoxy) is 2. The van der Waals surface area contributed by atoms with Crippen LogP contribution in [-0.4, -0.2) is 53.2 Å². The second-order valence-corrected chi connectivity index (χ2v) is 6.89. The fourth-order valence-corrected chi connectivity index (χ4v) is 3.55. The Morgan fingerprint density at radius 3 is 2.65 bits per heavy atom. The van der Waals surface area contributed by atoms with Gasteiger partial charge < -0.3 is 14.4 Å². The number of nitrogens with zero attached hydrogens (tertiary/aromatic N) is 4. The van der Waals surface area contributed by atoms with E-state index >= 15 is 0 Å². The third-order valence-electron chi connectivity index (χ3n) is 4.46. The molecule has 0 radical (unpaired) electrons. The van der Waals surface area contributed by atoms with Gasteiger partial charge in [-0.25, -0.2) is 14.8 Å². The van der Waals surface area contributed by atoms with Gasteiger partial charge in [0.1, 0.15) is 13.2 Å². The number of rotatable bonds is 4. The van der Waals surface area contributed by atoms with Crippen LogP contribution < -0.4 is 9.64 Å². The smallest absolute Gasteiger partial charge is 0.410 e. The molecule has 136 valence electrons. The molecule has 2 fully saturated rings. The number of anilines is 1. The highest BCUT2D eigenvalue weighted by Crippen LogP contribution is 2.26. The molecule has 1 atom stereocenters. The van der Waals surface area contributed by atoms with E-state index in [4.69, 9.17) is 32.7 Å². The van der Waals surface area contributed by atoms with Crippen LogP contribution in [0, 0.1) is 0 Å². The molecule has 2 aliphatic heterocycles. The summed E-state index contributed by atoms with van der Waals surface area (Å²) in [6, 6.07) is 5.37. The molecule has 2 aromatic rings. The molecular weight excluding hydrogens is 379 g/mol. The lowest BCUT2D eigenvalue weighted by atomic mass is 10.2. The van der Waals surface area contributed by atoms with Crippen LogP contribution in [0.1, 0.15) is 5.56 Å². The first kappa shape index (κ1) is 17.2. The summed E-state index contributed by atoms with van der Waals surface area (Å²) in [5.41, 5.74) is 0.724. The van der Waals surface area contributed by atoms with E-state index in [1.54, 1.807) is 35.5 Å². The molecule has 1 aromatic heterocycles. The van der Waals surface area contributed by atoms with Gasteiger partial charge in [0, 0.05) is 35.2 Å². The van der Waals surface area contributed by atoms with Crippen LogP contribution >= 0.6 is 23.2 Å². The zero-order chi connectivity index (χ0) is 18.1. The maximum atomic E-state index is 11.6. The topological polar surface area (TPSA) is 67.8 Å². The highest BCUT2D eigenvalue weighted by molar-refractivity contribution is 6.35. The van der Waals surface area contributed by atoms with Crippen molar-refractivity contribution >= 4 is 35.2 Å². The monoisotopic (exact) mass is 394 g/mol. The van der Waals surface area contributed by atoms with E-state index in [9.17, 15) is 4.79 Å². The van der Waals surface area contributed by atoms with Crippen LogP contribution in [-0.2, 0) is 11.3 Å². The van der Waals surface area contributed by atoms with Crippen LogP contribution in [0.3, 0.4) is 0 Å². The third-order valence-corrected chi connectivity index (χ3v) is 5.17. The Morgan fingerprint density at radius 2 is 1.92 bits per heavy atom. The summed E-state index contributed by atoms with van der Waals surface area (Å²) in [6.07, 6.45) is 3.00. The number of hydrogen-bond acceptors (Lipinski definition) is 6. The first-order valence-electron chi connectivity index (χ1n) is 8.18. The van der Waals surface area contributed by atoms with Crippen molar-refractivity contribution in [3.05, 3.63) is 46.2 Å². The van der Waals surface area contributed by atoms with Gasteiger partial charge in [0.15, 0.2) is 5.75 Å². The zero-order valence-electron chi connectivity index (χ0n) is 13.8. The minimum Gasteiger partial charge on any atom is -0.486 e. The van der Waals surface area contributed by atoms with Crippen molar-refractivity contribution in [2.45, 2.75) is 12.6 Å². The van der Waals surface area contributed by atoms with Gasteiger partial charge >= 0.3 is 6.09 Å². The van der Waals surface area contributed by atoms with Crippen molar-refractivity contribution in [2.75, 3.05) is 31.1 Å². The minimum atomic E-state index is -0.238. The Kier molecular flexibility index (Phi) is 4.74. The van der Waals surface area contributed by atoms with Crippen molar-refractivity contribution in [3.8, 4) is 5.75 Å². The van der Waals surface area contributed by atoms with E-state index < -0.39 is 0 Å². The van der Waals surface area contributed by atoms with Crippen LogP contribution in [0.2, 0.25) is 10.0 Å². The van der Waals surface area contributed by atoms with Crippen molar-refractivity contribution < 1.29 is 14.3 Å². The molecule has 0 saturated carbocycles. The number of piperazine rings is 1. The Labute approximate surface area is 160 Å². The molecule has 7 nitrogen and oxygen atoms in total. The molecule has 26 heavy (non-hydrogen) atoms. The largest absolute Gasteiger partial charge is 0.486 e. The summed E-state index contributed by atoms with van der Waals surface area (Å²) in [5, 5.41) is 1.11. The SMILES string of the molecule is O=C1OCC2CN(c3ncc(OCc4c(Cl)cccc4Cl)cn3)CCN12. The number of aromatic nitrogens is 2. The number of amides is 1. The number of cyclic esters (lactones) is 1. The van der Waals surface area contributed by atoms with Gasteiger partial charge in [-0.05, 0) is 12.1 Å². The van der Waals surface area contributed by atoms with Gasteiger partial charge in [0.25, 0.3) is 0 Å². The standard InChI is InChI=1S/C17H16Cl2N4O3/c18-14-2-1-3-15(19)13(14)10-25-12-6-20-16(21-7-12)22-4-5-23-11(8-22)9-26-17(23)24/h1-3,6-7,11H,4-5,8-10H2. The maximum absolute atomic E-state index is 11.6. The average molecular weight is 395 g/mol. The van der Waals surface area contributed by atoms with Crippen LogP contribution in [0.15, 0.2) is 30.6 Å². The number of fused-ring (bicyclic) bond motifs is 1. The summed E-state index contributed by atoms with van der Waals surface area (Å²) in [4.78, 5) is 24.1. The molecule has 3 heterocycles. The normalized spacial score (nSPS) is 19.3. The van der Waals surface area contributed by atoms with Crippen LogP contribution in [0.4, 0.5) is 10.7 Å². The van der Waals surface area contributed by atoms with Crippen molar-refractivity contribution in [3.63, 3.8) is 0 Å². The lowest BCUT2D eigenvalue weighted by molar-refractivity contribution is 0.157. The molecule has 1 unspecified atom stereocenters. The number of carbonyl (C=O) groups is 1. The predicted octanol–water partition coefficient (Wildman–Crippen LogP) is 3.00. The highest BCUT2D eigenvalue weighted by Gasteiger charge is 2.38. The van der Waals surface area contributed by atoms with Gasteiger partial charge in [0.2, 0.25) is 5.95 Å². The Hall–Kier alpha value is -2.25. The molecule has 0 N–H and O–H groups in total. The van der Waals surface area contributed by atoms with Gasteiger partial charge in [-0.2, -0.15) is 0 Å². The Balaban J connectivity index is 1.39. The highest BCUT2D eigenvalue weighted by atomic mass is 35.5. The second kappa shape index (κ2) is 7.17. The molecule has 0 spiro atoms. The Morgan fingerprint density at radius 1 is 1.19 bits per heavy atom. The molecule has 2 saturated heterocycles. The Bertz CT molecular complexity index is 798. The summed E-state index contributed by atoms with van der Waals surface area (Å²) < 4.78 is 10.8. The van der Waals surface area contributed by atoms with Crippen molar-refractivity contribution in [1.29, 1.82) is 0 Å². The molecule has 2 aliphatic rings. The van der Waals surface area contributed by atoms with Crippen molar-refractivity contribution in [1.82, 2.24) is 14.9 Å². The van der Waals surface area contributed by atoms with Crippen LogP contribution in [0.5, 0.6) is 5.75 Å². The lowest BCUT2D eigenvalue weighted by Crippen LogP contribution is -2.52. The van der Waals surface area contributed by atoms with Gasteiger partial charge in [0.05, 0.1) is 18.4 Å². The fourth-order valence-electron chi connectivity index (χ4n) is 3.04.